The number of benzene rings is 1. The molecule has 0 bridgehead atoms. The fourth-order valence-electron chi connectivity index (χ4n) is 3.18. The van der Waals surface area contributed by atoms with Gasteiger partial charge in [0.2, 0.25) is 9.84 Å². The maximum Gasteiger partial charge on any atom is 0.245 e. The van der Waals surface area contributed by atoms with E-state index in [0.717, 1.165) is 5.56 Å². The second kappa shape index (κ2) is 10.0. The smallest absolute Gasteiger partial charge is 0.245 e. The summed E-state index contributed by atoms with van der Waals surface area (Å²) in [7, 11) is -4.72. The van der Waals surface area contributed by atoms with Gasteiger partial charge in [-0.05, 0) is 80.1 Å². The van der Waals surface area contributed by atoms with E-state index in [1.54, 1.807) is 24.3 Å². The molecule has 1 aromatic rings. The first-order valence-electron chi connectivity index (χ1n) is 9.59. The number of rotatable bonds is 7. The molecular weight excluding hydrogens is 375 g/mol. The highest BCUT2D eigenvalue weighted by Crippen LogP contribution is 2.48. The Bertz CT molecular complexity index is 724. The predicted octanol–water partition coefficient (Wildman–Crippen LogP) is 5.24. The van der Waals surface area contributed by atoms with Crippen LogP contribution in [0, 0.1) is 17.8 Å². The third-order valence-corrected chi connectivity index (χ3v) is 8.61. The van der Waals surface area contributed by atoms with E-state index in [0.29, 0.717) is 0 Å². The van der Waals surface area contributed by atoms with Gasteiger partial charge in [0.1, 0.15) is 8.22 Å². The van der Waals surface area contributed by atoms with Crippen molar-refractivity contribution in [2.75, 3.05) is 0 Å². The lowest BCUT2D eigenvalue weighted by atomic mass is 10.2. The van der Waals surface area contributed by atoms with Crippen LogP contribution in [0.2, 0.25) is 0 Å². The zero-order valence-corrected chi connectivity index (χ0v) is 19.9. The predicted molar refractivity (Wildman–Crippen MR) is 117 cm³/mol. The first-order chi connectivity index (χ1) is 12.4. The molecule has 0 spiro atoms. The van der Waals surface area contributed by atoms with Crippen LogP contribution >= 0.6 is 8.22 Å². The van der Waals surface area contributed by atoms with Crippen molar-refractivity contribution in [1.82, 2.24) is 9.34 Å². The van der Waals surface area contributed by atoms with Crippen LogP contribution in [-0.2, 0) is 9.84 Å². The Morgan fingerprint density at radius 1 is 0.778 bits per heavy atom. The third kappa shape index (κ3) is 6.57. The van der Waals surface area contributed by atoms with Gasteiger partial charge in [0.25, 0.3) is 0 Å². The van der Waals surface area contributed by atoms with E-state index in [2.05, 4.69) is 75.6 Å². The Morgan fingerprint density at radius 3 is 1.48 bits per heavy atom. The SMILES string of the molecule is Cc1ccc(S(=O)(=O)C#CP(N(C(C)C)C(C)C)N(C(C)C)C(C)C)cc1. The molecule has 4 nitrogen and oxygen atoms in total. The van der Waals surface area contributed by atoms with Gasteiger partial charge < -0.3 is 0 Å². The van der Waals surface area contributed by atoms with Crippen LogP contribution in [0.15, 0.2) is 29.2 Å². The maximum atomic E-state index is 12.8. The van der Waals surface area contributed by atoms with Crippen molar-refractivity contribution in [2.45, 2.75) is 91.4 Å². The van der Waals surface area contributed by atoms with E-state index >= 15 is 0 Å². The molecule has 0 amide bonds. The molecule has 0 radical (unpaired) electrons. The maximum absolute atomic E-state index is 12.8. The molecule has 0 saturated carbocycles. The molecule has 0 fully saturated rings. The molecule has 27 heavy (non-hydrogen) atoms. The van der Waals surface area contributed by atoms with Gasteiger partial charge in [0.05, 0.1) is 4.90 Å². The molecule has 152 valence electrons. The van der Waals surface area contributed by atoms with Gasteiger partial charge in [-0.1, -0.05) is 17.7 Å². The zero-order valence-electron chi connectivity index (χ0n) is 18.2. The number of sulfone groups is 1. The fourth-order valence-corrected chi connectivity index (χ4v) is 6.82. The van der Waals surface area contributed by atoms with E-state index in [-0.39, 0.29) is 29.1 Å². The van der Waals surface area contributed by atoms with Crippen molar-refractivity contribution < 1.29 is 8.42 Å². The zero-order chi connectivity index (χ0) is 20.9. The van der Waals surface area contributed by atoms with Gasteiger partial charge in [-0.2, -0.15) is 0 Å². The highest BCUT2D eigenvalue weighted by atomic mass is 32.2. The Hall–Kier alpha value is -0.920. The van der Waals surface area contributed by atoms with Crippen molar-refractivity contribution in [3.8, 4) is 10.9 Å². The molecule has 0 saturated heterocycles. The summed E-state index contributed by atoms with van der Waals surface area (Å²) in [6, 6.07) is 7.96. The second-order valence-corrected chi connectivity index (χ2v) is 11.4. The van der Waals surface area contributed by atoms with Gasteiger partial charge in [0, 0.05) is 29.4 Å². The summed E-state index contributed by atoms with van der Waals surface area (Å²) in [5.74, 6) is 0. The van der Waals surface area contributed by atoms with Gasteiger partial charge in [-0.25, -0.2) is 8.42 Å². The van der Waals surface area contributed by atoms with Crippen molar-refractivity contribution >= 4 is 18.1 Å². The molecule has 0 aliphatic carbocycles. The number of aryl methyl sites for hydroxylation is 1. The average molecular weight is 411 g/mol. The fraction of sp³-hybridized carbons (Fsp3) is 0.619. The molecule has 0 unspecified atom stereocenters. The van der Waals surface area contributed by atoms with Gasteiger partial charge in [0.15, 0.2) is 0 Å². The summed E-state index contributed by atoms with van der Waals surface area (Å²) in [6.07, 6.45) is 0. The molecular formula is C21H35N2O2PS. The number of nitrogens with zero attached hydrogens (tertiary/aromatic N) is 2. The lowest BCUT2D eigenvalue weighted by Crippen LogP contribution is -2.42. The van der Waals surface area contributed by atoms with Crippen LogP contribution in [0.25, 0.3) is 0 Å². The Kier molecular flexibility index (Phi) is 8.96. The van der Waals surface area contributed by atoms with Crippen LogP contribution in [-0.4, -0.2) is 41.9 Å². The summed E-state index contributed by atoms with van der Waals surface area (Å²) in [5.41, 5.74) is 4.21. The summed E-state index contributed by atoms with van der Waals surface area (Å²) in [6.45, 7) is 19.1. The molecule has 0 aliphatic rings. The topological polar surface area (TPSA) is 40.6 Å². The lowest BCUT2D eigenvalue weighted by Gasteiger charge is -2.44. The quantitative estimate of drug-likeness (QED) is 0.455. The first kappa shape index (κ1) is 24.1. The van der Waals surface area contributed by atoms with Gasteiger partial charge >= 0.3 is 0 Å². The molecule has 0 aliphatic heterocycles. The normalized spacial score (nSPS) is 12.7. The standard InChI is InChI=1S/C21H35N2O2PS/c1-16(2)22(17(3)4)26(23(18(5)6)19(7)8)14-15-27(24,25)21-12-10-20(9)11-13-21/h10-13,16-19H,1-9H3. The Balaban J connectivity index is 3.45. The van der Waals surface area contributed by atoms with Gasteiger partial charge in [-0.3, -0.25) is 9.34 Å². The molecule has 0 atom stereocenters. The number of hydrogen-bond donors (Lipinski definition) is 0. The van der Waals surface area contributed by atoms with Crippen molar-refractivity contribution in [3.63, 3.8) is 0 Å². The van der Waals surface area contributed by atoms with Crippen molar-refractivity contribution in [2.24, 2.45) is 0 Å². The van der Waals surface area contributed by atoms with Crippen molar-refractivity contribution in [1.29, 1.82) is 0 Å². The molecule has 6 heteroatoms. The largest absolute Gasteiger partial charge is 0.255 e. The summed E-state index contributed by atoms with van der Waals surface area (Å²) in [5, 5.41) is 2.64. The van der Waals surface area contributed by atoms with E-state index in [4.69, 9.17) is 0 Å². The van der Waals surface area contributed by atoms with E-state index in [1.165, 1.54) is 0 Å². The van der Waals surface area contributed by atoms with Crippen LogP contribution in [0.5, 0.6) is 0 Å². The monoisotopic (exact) mass is 410 g/mol. The van der Waals surface area contributed by atoms with Crippen molar-refractivity contribution in [3.05, 3.63) is 29.8 Å². The Morgan fingerprint density at radius 2 is 1.15 bits per heavy atom. The first-order valence-corrected chi connectivity index (χ1v) is 12.3. The number of hydrogen-bond acceptors (Lipinski definition) is 4. The lowest BCUT2D eigenvalue weighted by molar-refractivity contribution is 0.261. The van der Waals surface area contributed by atoms with E-state index < -0.39 is 18.1 Å². The Labute approximate surface area is 168 Å². The molecule has 0 aromatic heterocycles. The summed E-state index contributed by atoms with van der Waals surface area (Å²) >= 11 is 0. The average Bonchev–Trinajstić information content (AvgIpc) is 2.51. The molecule has 0 N–H and O–H groups in total. The highest BCUT2D eigenvalue weighted by molar-refractivity contribution is 7.96. The minimum atomic E-state index is -3.64. The molecule has 1 aromatic carbocycles. The van der Waals surface area contributed by atoms with Crippen LogP contribution in [0.1, 0.15) is 61.0 Å². The van der Waals surface area contributed by atoms with Crippen LogP contribution in [0.3, 0.4) is 0 Å². The summed E-state index contributed by atoms with van der Waals surface area (Å²) in [4.78, 5) is 0.261. The van der Waals surface area contributed by atoms with Gasteiger partial charge in [-0.15, -0.1) is 0 Å². The van der Waals surface area contributed by atoms with E-state index in [1.807, 2.05) is 6.92 Å². The van der Waals surface area contributed by atoms with Crippen LogP contribution < -0.4 is 0 Å². The van der Waals surface area contributed by atoms with E-state index in [9.17, 15) is 8.42 Å². The minimum absolute atomic E-state index is 0.261. The van der Waals surface area contributed by atoms with Crippen LogP contribution in [0.4, 0.5) is 0 Å². The molecule has 0 heterocycles. The second-order valence-electron chi connectivity index (χ2n) is 7.95. The third-order valence-electron chi connectivity index (χ3n) is 4.17. The summed E-state index contributed by atoms with van der Waals surface area (Å²) < 4.78 is 30.2. The molecule has 1 rings (SSSR count). The minimum Gasteiger partial charge on any atom is -0.255 e. The highest BCUT2D eigenvalue weighted by Gasteiger charge is 2.32.